The number of methoxy groups -OCH3 is 2. The van der Waals surface area contributed by atoms with Gasteiger partial charge in [0.1, 0.15) is 5.75 Å². The first-order valence-electron chi connectivity index (χ1n) is 8.85. The van der Waals surface area contributed by atoms with Gasteiger partial charge in [-0.15, -0.1) is 0 Å². The Bertz CT molecular complexity index is 865. The highest BCUT2D eigenvalue weighted by Gasteiger charge is 2.22. The molecule has 0 unspecified atom stereocenters. The third kappa shape index (κ3) is 4.65. The van der Waals surface area contributed by atoms with E-state index in [0.717, 1.165) is 22.6 Å². The van der Waals surface area contributed by atoms with Gasteiger partial charge in [0.05, 0.1) is 26.0 Å². The van der Waals surface area contributed by atoms with E-state index in [1.165, 1.54) is 4.68 Å². The maximum Gasteiger partial charge on any atom is 0.317 e. The third-order valence-electron chi connectivity index (χ3n) is 4.52. The number of amides is 2. The largest absolute Gasteiger partial charge is 0.497 e. The molecule has 8 heteroatoms. The molecule has 0 fully saturated rings. The summed E-state index contributed by atoms with van der Waals surface area (Å²) in [5, 5.41) is 7.32. The van der Waals surface area contributed by atoms with Gasteiger partial charge in [-0.2, -0.15) is 5.10 Å². The van der Waals surface area contributed by atoms with Gasteiger partial charge in [0.2, 0.25) is 0 Å². The highest BCUT2D eigenvalue weighted by molar-refractivity contribution is 5.74. The van der Waals surface area contributed by atoms with E-state index in [1.807, 2.05) is 24.3 Å². The van der Waals surface area contributed by atoms with E-state index in [1.54, 1.807) is 25.2 Å². The number of carbonyl (C=O) groups excluding carboxylic acids is 1. The second-order valence-electron chi connectivity index (χ2n) is 6.35. The zero-order valence-electron chi connectivity index (χ0n) is 15.6. The predicted octanol–water partition coefficient (Wildman–Crippen LogP) is 1.17. The number of benzene rings is 1. The van der Waals surface area contributed by atoms with Crippen LogP contribution in [0.1, 0.15) is 16.8 Å². The van der Waals surface area contributed by atoms with E-state index >= 15 is 0 Å². The lowest BCUT2D eigenvalue weighted by Crippen LogP contribution is -2.43. The quantitative estimate of drug-likeness (QED) is 0.823. The molecule has 27 heavy (non-hydrogen) atoms. The highest BCUT2D eigenvalue weighted by Crippen LogP contribution is 2.16. The summed E-state index contributed by atoms with van der Waals surface area (Å²) in [6.07, 6.45) is 0.620. The molecule has 0 saturated heterocycles. The number of ether oxygens (including phenoxy) is 2. The molecule has 1 N–H and O–H groups in total. The molecule has 2 amide bonds. The van der Waals surface area contributed by atoms with Crippen LogP contribution < -0.4 is 15.6 Å². The van der Waals surface area contributed by atoms with Crippen molar-refractivity contribution in [3.63, 3.8) is 0 Å². The molecule has 0 atom stereocenters. The van der Waals surface area contributed by atoms with Crippen LogP contribution >= 0.6 is 0 Å². The molecule has 2 aromatic rings. The van der Waals surface area contributed by atoms with Crippen molar-refractivity contribution in [3.8, 4) is 5.75 Å². The standard InChI is InChI=1S/C19H24N4O4/c1-26-9-8-23-18(24)11-15-13-22(7-6-17(15)21-23)19(25)20-12-14-4-3-5-16(10-14)27-2/h3-5,10-11H,6-9,12-13H2,1-2H3,(H,20,25). The lowest BCUT2D eigenvalue weighted by Gasteiger charge is -2.28. The molecule has 8 nitrogen and oxygen atoms in total. The molecular formula is C19H24N4O4. The summed E-state index contributed by atoms with van der Waals surface area (Å²) in [4.78, 5) is 26.3. The highest BCUT2D eigenvalue weighted by atomic mass is 16.5. The number of fused-ring (bicyclic) bond motifs is 1. The molecule has 1 aromatic heterocycles. The first-order valence-corrected chi connectivity index (χ1v) is 8.85. The lowest BCUT2D eigenvalue weighted by atomic mass is 10.1. The Hall–Kier alpha value is -2.87. The minimum absolute atomic E-state index is 0.160. The monoisotopic (exact) mass is 372 g/mol. The molecule has 0 spiro atoms. The summed E-state index contributed by atoms with van der Waals surface area (Å²) in [5.74, 6) is 0.754. The second kappa shape index (κ2) is 8.68. The summed E-state index contributed by atoms with van der Waals surface area (Å²) in [6.45, 7) is 2.22. The SMILES string of the molecule is COCCn1nc2c(cc1=O)CN(C(=O)NCc1cccc(OC)c1)CC2. The van der Waals surface area contributed by atoms with Crippen molar-refractivity contribution in [1.82, 2.24) is 20.0 Å². The molecule has 1 aromatic carbocycles. The maximum atomic E-state index is 12.5. The molecule has 0 aliphatic carbocycles. The number of urea groups is 1. The van der Waals surface area contributed by atoms with Gasteiger partial charge in [-0.05, 0) is 17.7 Å². The summed E-state index contributed by atoms with van der Waals surface area (Å²) < 4.78 is 11.6. The van der Waals surface area contributed by atoms with Crippen LogP contribution in [0, 0.1) is 0 Å². The van der Waals surface area contributed by atoms with Gasteiger partial charge in [-0.3, -0.25) is 4.79 Å². The predicted molar refractivity (Wildman–Crippen MR) is 99.7 cm³/mol. The van der Waals surface area contributed by atoms with Crippen molar-refractivity contribution in [2.24, 2.45) is 0 Å². The van der Waals surface area contributed by atoms with Crippen molar-refractivity contribution in [2.45, 2.75) is 26.1 Å². The Morgan fingerprint density at radius 2 is 2.15 bits per heavy atom. The number of carbonyl (C=O) groups is 1. The van der Waals surface area contributed by atoms with E-state index in [4.69, 9.17) is 9.47 Å². The first-order chi connectivity index (χ1) is 13.1. The summed E-state index contributed by atoms with van der Waals surface area (Å²) in [6, 6.07) is 8.97. The van der Waals surface area contributed by atoms with E-state index in [9.17, 15) is 9.59 Å². The fraction of sp³-hybridized carbons (Fsp3) is 0.421. The van der Waals surface area contributed by atoms with Crippen LogP contribution in [0.5, 0.6) is 5.75 Å². The molecule has 0 saturated carbocycles. The zero-order valence-corrected chi connectivity index (χ0v) is 15.6. The average molecular weight is 372 g/mol. The van der Waals surface area contributed by atoms with Gasteiger partial charge >= 0.3 is 6.03 Å². The minimum Gasteiger partial charge on any atom is -0.497 e. The number of hydrogen-bond donors (Lipinski definition) is 1. The molecule has 2 heterocycles. The molecule has 144 valence electrons. The smallest absolute Gasteiger partial charge is 0.317 e. The summed E-state index contributed by atoms with van der Waals surface area (Å²) in [5.41, 5.74) is 2.45. The van der Waals surface area contributed by atoms with Gasteiger partial charge in [-0.25, -0.2) is 9.48 Å². The van der Waals surface area contributed by atoms with Crippen molar-refractivity contribution < 1.29 is 14.3 Å². The molecular weight excluding hydrogens is 348 g/mol. The van der Waals surface area contributed by atoms with Crippen LogP contribution in [-0.4, -0.2) is 48.1 Å². The van der Waals surface area contributed by atoms with E-state index in [0.29, 0.717) is 39.2 Å². The Labute approximate surface area is 157 Å². The third-order valence-corrected chi connectivity index (χ3v) is 4.52. The Balaban J connectivity index is 1.62. The van der Waals surface area contributed by atoms with Gasteiger partial charge in [0, 0.05) is 44.8 Å². The maximum absolute atomic E-state index is 12.5. The molecule has 0 bridgehead atoms. The Morgan fingerprint density at radius 1 is 1.30 bits per heavy atom. The molecule has 3 rings (SSSR count). The van der Waals surface area contributed by atoms with E-state index < -0.39 is 0 Å². The Kier molecular flexibility index (Phi) is 6.08. The van der Waals surface area contributed by atoms with Crippen molar-refractivity contribution in [2.75, 3.05) is 27.4 Å². The average Bonchev–Trinajstić information content (AvgIpc) is 2.70. The number of aromatic nitrogens is 2. The lowest BCUT2D eigenvalue weighted by molar-refractivity contribution is 0.179. The van der Waals surface area contributed by atoms with Crippen LogP contribution in [0.25, 0.3) is 0 Å². The van der Waals surface area contributed by atoms with Crippen molar-refractivity contribution in [1.29, 1.82) is 0 Å². The summed E-state index contributed by atoms with van der Waals surface area (Å²) in [7, 11) is 3.20. The fourth-order valence-electron chi connectivity index (χ4n) is 3.02. The van der Waals surface area contributed by atoms with Gasteiger partial charge in [-0.1, -0.05) is 12.1 Å². The zero-order chi connectivity index (χ0) is 19.2. The first kappa shape index (κ1) is 18.9. The number of rotatable bonds is 6. The van der Waals surface area contributed by atoms with Gasteiger partial charge in [0.15, 0.2) is 0 Å². The Morgan fingerprint density at radius 3 is 2.93 bits per heavy atom. The second-order valence-corrected chi connectivity index (χ2v) is 6.35. The van der Waals surface area contributed by atoms with Crippen molar-refractivity contribution >= 4 is 6.03 Å². The normalized spacial score (nSPS) is 13.2. The van der Waals surface area contributed by atoms with Crippen LogP contribution in [0.3, 0.4) is 0 Å². The molecule has 0 radical (unpaired) electrons. The number of hydrogen-bond acceptors (Lipinski definition) is 5. The summed E-state index contributed by atoms with van der Waals surface area (Å²) >= 11 is 0. The number of nitrogens with one attached hydrogen (secondary N) is 1. The van der Waals surface area contributed by atoms with Crippen LogP contribution in [0.4, 0.5) is 4.79 Å². The molecule has 1 aliphatic rings. The van der Waals surface area contributed by atoms with Crippen LogP contribution in [-0.2, 0) is 30.8 Å². The van der Waals surface area contributed by atoms with Crippen molar-refractivity contribution in [3.05, 3.63) is 57.5 Å². The fourth-order valence-corrected chi connectivity index (χ4v) is 3.02. The van der Waals surface area contributed by atoms with Crippen LogP contribution in [0.2, 0.25) is 0 Å². The van der Waals surface area contributed by atoms with Crippen LogP contribution in [0.15, 0.2) is 35.1 Å². The molecule has 1 aliphatic heterocycles. The van der Waals surface area contributed by atoms with Gasteiger partial charge in [0.25, 0.3) is 5.56 Å². The minimum atomic E-state index is -0.176. The van der Waals surface area contributed by atoms with Gasteiger partial charge < -0.3 is 19.7 Å². The van der Waals surface area contributed by atoms with E-state index in [2.05, 4.69) is 10.4 Å². The van der Waals surface area contributed by atoms with E-state index in [-0.39, 0.29) is 11.6 Å². The topological polar surface area (TPSA) is 85.7 Å². The number of nitrogens with zero attached hydrogens (tertiary/aromatic N) is 3.